The van der Waals surface area contributed by atoms with Gasteiger partial charge in [-0.15, -0.1) is 0 Å². The van der Waals surface area contributed by atoms with Gasteiger partial charge in [-0.1, -0.05) is 26.0 Å². The maximum absolute atomic E-state index is 12.5. The van der Waals surface area contributed by atoms with Crippen molar-refractivity contribution in [3.05, 3.63) is 35.4 Å². The Bertz CT molecular complexity index is 471. The van der Waals surface area contributed by atoms with Crippen LogP contribution in [0, 0.1) is 5.92 Å². The molecule has 3 nitrogen and oxygen atoms in total. The lowest BCUT2D eigenvalue weighted by molar-refractivity contribution is -0.141. The number of hydrogen-bond acceptors (Lipinski definition) is 2. The zero-order chi connectivity index (χ0) is 16.2. The van der Waals surface area contributed by atoms with Gasteiger partial charge in [0, 0.05) is 13.1 Å². The van der Waals surface area contributed by atoms with E-state index in [1.807, 2.05) is 11.8 Å². The summed E-state index contributed by atoms with van der Waals surface area (Å²) in [6.45, 7) is 4.52. The summed E-state index contributed by atoms with van der Waals surface area (Å²) in [6, 6.07) is 5.10. The van der Waals surface area contributed by atoms with Crippen molar-refractivity contribution in [2.45, 2.75) is 25.9 Å². The molecule has 0 saturated heterocycles. The second-order valence-corrected chi connectivity index (χ2v) is 5.48. The molecule has 118 valence electrons. The van der Waals surface area contributed by atoms with Gasteiger partial charge in [0.1, 0.15) is 0 Å². The Morgan fingerprint density at radius 2 is 1.71 bits per heavy atom. The van der Waals surface area contributed by atoms with Crippen LogP contribution in [-0.4, -0.2) is 36.1 Å². The third kappa shape index (κ3) is 5.38. The quantitative estimate of drug-likeness (QED) is 0.875. The molecule has 0 saturated carbocycles. The minimum Gasteiger partial charge on any atom is -0.481 e. The number of carbonyl (C=O) groups is 1. The molecule has 21 heavy (non-hydrogen) atoms. The number of alkyl halides is 3. The first kappa shape index (κ1) is 17.5. The molecule has 6 heteroatoms. The van der Waals surface area contributed by atoms with E-state index in [9.17, 15) is 18.0 Å². The molecule has 0 aromatic heterocycles. The maximum Gasteiger partial charge on any atom is 0.416 e. The van der Waals surface area contributed by atoms with E-state index in [4.69, 9.17) is 5.11 Å². The number of nitrogens with zero attached hydrogens (tertiary/aromatic N) is 1. The van der Waals surface area contributed by atoms with E-state index in [0.29, 0.717) is 13.1 Å². The van der Waals surface area contributed by atoms with Gasteiger partial charge < -0.3 is 10.0 Å². The lowest BCUT2D eigenvalue weighted by Gasteiger charge is -2.23. The molecule has 0 spiro atoms. The number of aliphatic carboxylic acids is 1. The number of hydrogen-bond donors (Lipinski definition) is 1. The molecule has 2 unspecified atom stereocenters. The highest BCUT2D eigenvalue weighted by atomic mass is 19.4. The van der Waals surface area contributed by atoms with E-state index in [0.717, 1.165) is 17.7 Å². The van der Waals surface area contributed by atoms with Crippen LogP contribution in [0.1, 0.15) is 30.9 Å². The Morgan fingerprint density at radius 1 is 1.19 bits per heavy atom. The second kappa shape index (κ2) is 6.93. The molecule has 0 heterocycles. The lowest BCUT2D eigenvalue weighted by Crippen LogP contribution is -2.31. The van der Waals surface area contributed by atoms with Crippen LogP contribution in [0.5, 0.6) is 0 Å². The molecule has 2 atom stereocenters. The van der Waals surface area contributed by atoms with Crippen LogP contribution >= 0.6 is 0 Å². The largest absolute Gasteiger partial charge is 0.481 e. The molecule has 1 aromatic carbocycles. The highest BCUT2D eigenvalue weighted by Gasteiger charge is 2.30. The fourth-order valence-electron chi connectivity index (χ4n) is 2.19. The zero-order valence-corrected chi connectivity index (χ0v) is 12.3. The molecule has 1 aromatic rings. The zero-order valence-electron chi connectivity index (χ0n) is 12.3. The van der Waals surface area contributed by atoms with Gasteiger partial charge in [0.15, 0.2) is 0 Å². The van der Waals surface area contributed by atoms with E-state index in [-0.39, 0.29) is 5.92 Å². The minimum atomic E-state index is -4.32. The average molecular weight is 303 g/mol. The molecular weight excluding hydrogens is 283 g/mol. The van der Waals surface area contributed by atoms with E-state index >= 15 is 0 Å². The summed E-state index contributed by atoms with van der Waals surface area (Å²) in [7, 11) is 1.81. The summed E-state index contributed by atoms with van der Waals surface area (Å²) in [5, 5.41) is 8.86. The van der Waals surface area contributed by atoms with Gasteiger partial charge >= 0.3 is 12.1 Å². The molecule has 0 aliphatic rings. The highest BCUT2D eigenvalue weighted by molar-refractivity contribution is 5.69. The van der Waals surface area contributed by atoms with Gasteiger partial charge in [0.05, 0.1) is 11.5 Å². The number of benzene rings is 1. The molecule has 0 amide bonds. The van der Waals surface area contributed by atoms with Gasteiger partial charge in [-0.2, -0.15) is 13.2 Å². The maximum atomic E-state index is 12.5. The van der Waals surface area contributed by atoms with Crippen molar-refractivity contribution in [1.29, 1.82) is 0 Å². The van der Waals surface area contributed by atoms with Crippen LogP contribution < -0.4 is 0 Å². The van der Waals surface area contributed by atoms with Crippen molar-refractivity contribution < 1.29 is 23.1 Å². The Balaban J connectivity index is 2.63. The fraction of sp³-hybridized carbons (Fsp3) is 0.533. The lowest BCUT2D eigenvalue weighted by atomic mass is 9.99. The van der Waals surface area contributed by atoms with Gasteiger partial charge in [0.25, 0.3) is 0 Å². The van der Waals surface area contributed by atoms with Crippen LogP contribution in [0.3, 0.4) is 0 Å². The van der Waals surface area contributed by atoms with Crippen molar-refractivity contribution in [3.8, 4) is 0 Å². The minimum absolute atomic E-state index is 0.0262. The standard InChI is InChI=1S/C15H20F3NO2/c1-10(8-19(3)9-11(2)14(20)21)12-4-6-13(7-5-12)15(16,17)18/h4-7,10-11H,8-9H2,1-3H3,(H,20,21). The summed E-state index contributed by atoms with van der Waals surface area (Å²) in [4.78, 5) is 12.7. The average Bonchev–Trinajstić information content (AvgIpc) is 2.37. The molecule has 0 aliphatic carbocycles. The predicted molar refractivity (Wildman–Crippen MR) is 74.2 cm³/mol. The molecule has 0 radical (unpaired) electrons. The smallest absolute Gasteiger partial charge is 0.416 e. The van der Waals surface area contributed by atoms with Crippen molar-refractivity contribution in [2.24, 2.45) is 5.92 Å². The number of halogens is 3. The monoisotopic (exact) mass is 303 g/mol. The summed E-state index contributed by atoms with van der Waals surface area (Å²) in [6.07, 6.45) is -4.32. The Morgan fingerprint density at radius 3 is 2.14 bits per heavy atom. The second-order valence-electron chi connectivity index (χ2n) is 5.48. The summed E-state index contributed by atoms with van der Waals surface area (Å²) in [5.41, 5.74) is 0.143. The van der Waals surface area contributed by atoms with Crippen molar-refractivity contribution in [1.82, 2.24) is 4.90 Å². The summed E-state index contributed by atoms with van der Waals surface area (Å²) >= 11 is 0. The van der Waals surface area contributed by atoms with E-state index < -0.39 is 23.6 Å². The van der Waals surface area contributed by atoms with E-state index in [1.165, 1.54) is 12.1 Å². The van der Waals surface area contributed by atoms with Gasteiger partial charge in [-0.05, 0) is 30.7 Å². The van der Waals surface area contributed by atoms with Gasteiger partial charge in [-0.25, -0.2) is 0 Å². The summed E-state index contributed by atoms with van der Waals surface area (Å²) < 4.78 is 37.5. The molecule has 0 bridgehead atoms. The van der Waals surface area contributed by atoms with Crippen molar-refractivity contribution in [3.63, 3.8) is 0 Å². The SMILES string of the molecule is CC(CN(C)CC(C)c1ccc(C(F)(F)F)cc1)C(=O)O. The van der Waals surface area contributed by atoms with Crippen LogP contribution in [0.25, 0.3) is 0 Å². The van der Waals surface area contributed by atoms with Gasteiger partial charge in [-0.3, -0.25) is 4.79 Å². The number of rotatable bonds is 6. The first-order valence-electron chi connectivity index (χ1n) is 6.69. The fourth-order valence-corrected chi connectivity index (χ4v) is 2.19. The molecular formula is C15H20F3NO2. The first-order chi connectivity index (χ1) is 9.61. The first-order valence-corrected chi connectivity index (χ1v) is 6.69. The topological polar surface area (TPSA) is 40.5 Å². The number of likely N-dealkylation sites (N-methyl/N-ethyl adjacent to an activating group) is 1. The van der Waals surface area contributed by atoms with Crippen LogP contribution in [-0.2, 0) is 11.0 Å². The number of carboxylic acids is 1. The Kier molecular flexibility index (Phi) is 5.78. The van der Waals surface area contributed by atoms with E-state index in [2.05, 4.69) is 0 Å². The highest BCUT2D eigenvalue weighted by Crippen LogP contribution is 2.30. The molecule has 0 aliphatic heterocycles. The third-order valence-electron chi connectivity index (χ3n) is 3.40. The van der Waals surface area contributed by atoms with Crippen molar-refractivity contribution in [2.75, 3.05) is 20.1 Å². The molecule has 1 N–H and O–H groups in total. The summed E-state index contributed by atoms with van der Waals surface area (Å²) in [5.74, 6) is -1.31. The normalized spacial score (nSPS) is 15.0. The number of carboxylic acid groups (broad SMARTS) is 1. The van der Waals surface area contributed by atoms with Crippen molar-refractivity contribution >= 4 is 5.97 Å². The molecule has 1 rings (SSSR count). The molecule has 0 fully saturated rings. The predicted octanol–water partition coefficient (Wildman–Crippen LogP) is 3.46. The Labute approximate surface area is 122 Å². The van der Waals surface area contributed by atoms with E-state index in [1.54, 1.807) is 14.0 Å². The Hall–Kier alpha value is -1.56. The van der Waals surface area contributed by atoms with Crippen LogP contribution in [0.4, 0.5) is 13.2 Å². The van der Waals surface area contributed by atoms with Crippen LogP contribution in [0.15, 0.2) is 24.3 Å². The third-order valence-corrected chi connectivity index (χ3v) is 3.40. The van der Waals surface area contributed by atoms with Crippen LogP contribution in [0.2, 0.25) is 0 Å². The van der Waals surface area contributed by atoms with Gasteiger partial charge in [0.2, 0.25) is 0 Å².